The standard InChI is InChI=1S/C30H30N4O3S/c1-19-14-15-24(16-20(19)2)33-26(35)18-38-30-27(21(3)32-34(30)23-11-6-5-7-12-23)28(33)29(36)31-17-22-10-8-9-13-25(22)37-4/h5-16,28H,17-18H2,1-4H3,(H,31,36)/t28-/m1/s1. The lowest BCUT2D eigenvalue weighted by Gasteiger charge is -2.30. The summed E-state index contributed by atoms with van der Waals surface area (Å²) in [7, 11) is 1.61. The minimum absolute atomic E-state index is 0.133. The summed E-state index contributed by atoms with van der Waals surface area (Å²) in [6, 6.07) is 22.3. The van der Waals surface area contributed by atoms with Gasteiger partial charge < -0.3 is 10.1 Å². The summed E-state index contributed by atoms with van der Waals surface area (Å²) in [4.78, 5) is 29.4. The Morgan fingerprint density at radius 3 is 2.47 bits per heavy atom. The van der Waals surface area contributed by atoms with Crippen molar-refractivity contribution in [1.82, 2.24) is 15.1 Å². The second-order valence-corrected chi connectivity index (χ2v) is 10.3. The molecule has 1 aliphatic rings. The molecule has 0 bridgehead atoms. The van der Waals surface area contributed by atoms with Crippen LogP contribution in [0.1, 0.15) is 34.0 Å². The first-order chi connectivity index (χ1) is 18.4. The lowest BCUT2D eigenvalue weighted by molar-refractivity contribution is -0.126. The van der Waals surface area contributed by atoms with Gasteiger partial charge in [-0.1, -0.05) is 54.2 Å². The highest BCUT2D eigenvalue weighted by Gasteiger charge is 2.40. The number of rotatable bonds is 6. The van der Waals surface area contributed by atoms with Gasteiger partial charge in [-0.15, -0.1) is 0 Å². The van der Waals surface area contributed by atoms with E-state index in [1.807, 2.05) is 98.2 Å². The van der Waals surface area contributed by atoms with Crippen molar-refractivity contribution in [3.8, 4) is 11.4 Å². The molecule has 3 aromatic carbocycles. The zero-order valence-corrected chi connectivity index (χ0v) is 22.7. The average molecular weight is 527 g/mol. The van der Waals surface area contributed by atoms with E-state index in [1.165, 1.54) is 11.8 Å². The Bertz CT molecular complexity index is 1500. The third-order valence-corrected chi connectivity index (χ3v) is 7.92. The molecule has 4 aromatic rings. The molecule has 1 atom stereocenters. The van der Waals surface area contributed by atoms with Crippen LogP contribution in [0.15, 0.2) is 77.8 Å². The number of hydrogen-bond donors (Lipinski definition) is 1. The highest BCUT2D eigenvalue weighted by atomic mass is 32.2. The first-order valence-electron chi connectivity index (χ1n) is 12.5. The summed E-state index contributed by atoms with van der Waals surface area (Å²) in [6.45, 7) is 6.20. The fourth-order valence-corrected chi connectivity index (χ4v) is 5.82. The fraction of sp³-hybridized carbons (Fsp3) is 0.233. The van der Waals surface area contributed by atoms with Crippen molar-refractivity contribution in [2.75, 3.05) is 17.8 Å². The lowest BCUT2D eigenvalue weighted by atomic mass is 10.0. The first-order valence-corrected chi connectivity index (χ1v) is 13.4. The number of para-hydroxylation sites is 2. The van der Waals surface area contributed by atoms with Gasteiger partial charge in [0, 0.05) is 23.4 Å². The number of nitrogens with zero attached hydrogens (tertiary/aromatic N) is 3. The van der Waals surface area contributed by atoms with Gasteiger partial charge in [0.05, 0.1) is 24.2 Å². The molecule has 1 aliphatic heterocycles. The van der Waals surface area contributed by atoms with Crippen LogP contribution in [0.2, 0.25) is 0 Å². The Kier molecular flexibility index (Phi) is 7.24. The second-order valence-electron chi connectivity index (χ2n) is 9.30. The molecule has 0 fully saturated rings. The number of benzene rings is 3. The molecule has 8 heteroatoms. The van der Waals surface area contributed by atoms with Gasteiger partial charge >= 0.3 is 0 Å². The van der Waals surface area contributed by atoms with Crippen molar-refractivity contribution < 1.29 is 14.3 Å². The van der Waals surface area contributed by atoms with Crippen LogP contribution < -0.4 is 15.0 Å². The van der Waals surface area contributed by atoms with E-state index in [0.717, 1.165) is 33.0 Å². The van der Waals surface area contributed by atoms with E-state index in [1.54, 1.807) is 12.0 Å². The zero-order chi connectivity index (χ0) is 26.8. The van der Waals surface area contributed by atoms with Gasteiger partial charge in [-0.3, -0.25) is 14.5 Å². The van der Waals surface area contributed by atoms with Gasteiger partial charge in [0.1, 0.15) is 16.8 Å². The molecule has 0 saturated heterocycles. The smallest absolute Gasteiger partial charge is 0.248 e. The van der Waals surface area contributed by atoms with Crippen LogP contribution in [-0.4, -0.2) is 34.5 Å². The number of ether oxygens (including phenoxy) is 1. The predicted octanol–water partition coefficient (Wildman–Crippen LogP) is 5.30. The Balaban J connectivity index is 1.62. The summed E-state index contributed by atoms with van der Waals surface area (Å²) in [6.07, 6.45) is 0. The van der Waals surface area contributed by atoms with Crippen molar-refractivity contribution in [1.29, 1.82) is 0 Å². The Labute approximate surface area is 226 Å². The predicted molar refractivity (Wildman–Crippen MR) is 150 cm³/mol. The zero-order valence-electron chi connectivity index (χ0n) is 21.9. The topological polar surface area (TPSA) is 76.5 Å². The molecule has 38 heavy (non-hydrogen) atoms. The lowest BCUT2D eigenvalue weighted by Crippen LogP contribution is -2.44. The number of hydrogen-bond acceptors (Lipinski definition) is 5. The Hall–Kier alpha value is -4.04. The number of methoxy groups -OCH3 is 1. The van der Waals surface area contributed by atoms with Gasteiger partial charge in [-0.2, -0.15) is 5.10 Å². The van der Waals surface area contributed by atoms with Gasteiger partial charge in [-0.25, -0.2) is 4.68 Å². The van der Waals surface area contributed by atoms with E-state index in [9.17, 15) is 9.59 Å². The number of carbonyl (C=O) groups excluding carboxylic acids is 2. The third-order valence-electron chi connectivity index (χ3n) is 6.86. The quantitative estimate of drug-likeness (QED) is 0.369. The molecule has 5 rings (SSSR count). The minimum atomic E-state index is -0.887. The molecule has 1 aromatic heterocycles. The number of nitrogens with one attached hydrogen (secondary N) is 1. The third kappa shape index (κ3) is 4.79. The maximum absolute atomic E-state index is 14.1. The monoisotopic (exact) mass is 526 g/mol. The molecular weight excluding hydrogens is 496 g/mol. The van der Waals surface area contributed by atoms with E-state index < -0.39 is 6.04 Å². The molecule has 0 spiro atoms. The largest absolute Gasteiger partial charge is 0.496 e. The van der Waals surface area contributed by atoms with Gasteiger partial charge in [0.15, 0.2) is 0 Å². The molecule has 2 heterocycles. The average Bonchev–Trinajstić information content (AvgIpc) is 3.17. The number of amides is 2. The van der Waals surface area contributed by atoms with E-state index in [0.29, 0.717) is 17.1 Å². The van der Waals surface area contributed by atoms with Gasteiger partial charge in [-0.05, 0) is 62.2 Å². The van der Waals surface area contributed by atoms with Crippen molar-refractivity contribution in [3.63, 3.8) is 0 Å². The highest BCUT2D eigenvalue weighted by Crippen LogP contribution is 2.41. The van der Waals surface area contributed by atoms with Crippen LogP contribution in [0.3, 0.4) is 0 Å². The molecule has 0 radical (unpaired) electrons. The van der Waals surface area contributed by atoms with Crippen LogP contribution in [0.4, 0.5) is 5.69 Å². The van der Waals surface area contributed by atoms with Crippen LogP contribution in [-0.2, 0) is 16.1 Å². The molecule has 2 amide bonds. The second kappa shape index (κ2) is 10.8. The van der Waals surface area contributed by atoms with Gasteiger partial charge in [0.25, 0.3) is 0 Å². The number of aromatic nitrogens is 2. The molecule has 194 valence electrons. The normalized spacial score (nSPS) is 15.1. The summed E-state index contributed by atoms with van der Waals surface area (Å²) in [5, 5.41) is 8.70. The summed E-state index contributed by atoms with van der Waals surface area (Å²) in [5.41, 5.74) is 6.04. The minimum Gasteiger partial charge on any atom is -0.496 e. The van der Waals surface area contributed by atoms with E-state index >= 15 is 0 Å². The summed E-state index contributed by atoms with van der Waals surface area (Å²) < 4.78 is 7.31. The first kappa shape index (κ1) is 25.6. The van der Waals surface area contributed by atoms with E-state index in [4.69, 9.17) is 9.84 Å². The van der Waals surface area contributed by atoms with Crippen molar-refractivity contribution in [2.24, 2.45) is 0 Å². The van der Waals surface area contributed by atoms with Crippen LogP contribution in [0.25, 0.3) is 5.69 Å². The summed E-state index contributed by atoms with van der Waals surface area (Å²) in [5.74, 6) is 0.474. The molecule has 0 unspecified atom stereocenters. The summed E-state index contributed by atoms with van der Waals surface area (Å²) >= 11 is 1.42. The molecule has 7 nitrogen and oxygen atoms in total. The van der Waals surface area contributed by atoms with Crippen molar-refractivity contribution in [2.45, 2.75) is 38.4 Å². The van der Waals surface area contributed by atoms with Crippen LogP contribution in [0.5, 0.6) is 5.75 Å². The number of anilines is 1. The molecular formula is C30H30N4O3S. The van der Waals surface area contributed by atoms with Gasteiger partial charge in [0.2, 0.25) is 11.8 Å². The van der Waals surface area contributed by atoms with E-state index in [-0.39, 0.29) is 24.1 Å². The van der Waals surface area contributed by atoms with Crippen LogP contribution >= 0.6 is 11.8 Å². The Morgan fingerprint density at radius 2 is 1.74 bits per heavy atom. The SMILES string of the molecule is COc1ccccc1CNC(=O)[C@H]1c2c(C)nn(-c3ccccc3)c2SCC(=O)N1c1ccc(C)c(C)c1. The van der Waals surface area contributed by atoms with E-state index in [2.05, 4.69) is 5.32 Å². The van der Waals surface area contributed by atoms with Crippen molar-refractivity contribution in [3.05, 3.63) is 101 Å². The highest BCUT2D eigenvalue weighted by molar-refractivity contribution is 8.00. The number of aryl methyl sites for hydroxylation is 3. The molecule has 0 saturated carbocycles. The Morgan fingerprint density at radius 1 is 1.00 bits per heavy atom. The van der Waals surface area contributed by atoms with Crippen LogP contribution in [0, 0.1) is 20.8 Å². The maximum Gasteiger partial charge on any atom is 0.248 e. The fourth-order valence-electron chi connectivity index (χ4n) is 4.73. The van der Waals surface area contributed by atoms with Crippen molar-refractivity contribution >= 4 is 29.3 Å². The number of thioether (sulfide) groups is 1. The number of carbonyl (C=O) groups is 2. The molecule has 0 aliphatic carbocycles. The maximum atomic E-state index is 14.1. The number of fused-ring (bicyclic) bond motifs is 1. The molecule has 1 N–H and O–H groups in total.